The second-order valence-electron chi connectivity index (χ2n) is 5.12. The maximum Gasteiger partial charge on any atom is 0.119 e. The summed E-state index contributed by atoms with van der Waals surface area (Å²) < 4.78 is 5.71. The van der Waals surface area contributed by atoms with Crippen molar-refractivity contribution in [1.82, 2.24) is 0 Å². The second kappa shape index (κ2) is 4.76. The zero-order valence-electron chi connectivity index (χ0n) is 10.3. The summed E-state index contributed by atoms with van der Waals surface area (Å²) in [5.74, 6) is 0.852. The predicted molar refractivity (Wildman–Crippen MR) is 70.3 cm³/mol. The van der Waals surface area contributed by atoms with Gasteiger partial charge in [0.05, 0.1) is 13.2 Å². The molecule has 2 aromatic rings. The van der Waals surface area contributed by atoms with E-state index in [1.807, 2.05) is 38.1 Å². The van der Waals surface area contributed by atoms with Gasteiger partial charge in [-0.25, -0.2) is 0 Å². The lowest BCUT2D eigenvalue weighted by Crippen LogP contribution is -2.25. The van der Waals surface area contributed by atoms with Crippen LogP contribution in [0.4, 0.5) is 0 Å². The number of benzene rings is 2. The molecule has 0 spiro atoms. The van der Waals surface area contributed by atoms with Gasteiger partial charge in [0.25, 0.3) is 0 Å². The maximum atomic E-state index is 9.16. The molecule has 2 rings (SSSR count). The third-order valence-electron chi connectivity index (χ3n) is 2.78. The molecule has 0 aliphatic heterocycles. The van der Waals surface area contributed by atoms with E-state index < -0.39 is 0 Å². The molecule has 0 aliphatic carbocycles. The van der Waals surface area contributed by atoms with Crippen molar-refractivity contribution >= 4 is 10.8 Å². The molecule has 2 nitrogen and oxygen atoms in total. The Morgan fingerprint density at radius 2 is 1.76 bits per heavy atom. The van der Waals surface area contributed by atoms with Crippen LogP contribution in [0.1, 0.15) is 13.8 Å². The molecule has 2 aromatic carbocycles. The van der Waals surface area contributed by atoms with Gasteiger partial charge >= 0.3 is 0 Å². The molecule has 0 unspecified atom stereocenters. The molecule has 17 heavy (non-hydrogen) atoms. The van der Waals surface area contributed by atoms with E-state index >= 15 is 0 Å². The number of hydrogen-bond acceptors (Lipinski definition) is 2. The summed E-state index contributed by atoms with van der Waals surface area (Å²) in [6.45, 7) is 4.60. The van der Waals surface area contributed by atoms with E-state index in [9.17, 15) is 0 Å². The summed E-state index contributed by atoms with van der Waals surface area (Å²) in [5.41, 5.74) is -0.203. The first-order valence-corrected chi connectivity index (χ1v) is 5.83. The number of rotatable bonds is 4. The molecular weight excluding hydrogens is 212 g/mol. The van der Waals surface area contributed by atoms with Crippen LogP contribution in [0.3, 0.4) is 0 Å². The highest BCUT2D eigenvalue weighted by atomic mass is 16.5. The number of hydrogen-bond donors (Lipinski definition) is 1. The molecule has 90 valence electrons. The minimum Gasteiger partial charge on any atom is -0.493 e. The van der Waals surface area contributed by atoms with Gasteiger partial charge in [-0.3, -0.25) is 0 Å². The molecule has 0 atom stereocenters. The quantitative estimate of drug-likeness (QED) is 0.873. The van der Waals surface area contributed by atoms with Crippen LogP contribution in [-0.2, 0) is 0 Å². The molecule has 0 fully saturated rings. The highest BCUT2D eigenvalue weighted by molar-refractivity contribution is 5.83. The van der Waals surface area contributed by atoms with Gasteiger partial charge in [0.15, 0.2) is 0 Å². The van der Waals surface area contributed by atoms with Crippen LogP contribution >= 0.6 is 0 Å². The smallest absolute Gasteiger partial charge is 0.119 e. The van der Waals surface area contributed by atoms with Gasteiger partial charge in [0.1, 0.15) is 5.75 Å². The van der Waals surface area contributed by atoms with Crippen molar-refractivity contribution < 1.29 is 9.84 Å². The fourth-order valence-corrected chi connectivity index (χ4v) is 1.58. The first-order valence-electron chi connectivity index (χ1n) is 5.83. The van der Waals surface area contributed by atoms with E-state index in [1.54, 1.807) is 0 Å². The Hall–Kier alpha value is -1.54. The van der Waals surface area contributed by atoms with E-state index in [1.165, 1.54) is 10.8 Å². The molecule has 2 heteroatoms. The van der Waals surface area contributed by atoms with Crippen LogP contribution < -0.4 is 4.74 Å². The first-order chi connectivity index (χ1) is 8.11. The van der Waals surface area contributed by atoms with Crippen LogP contribution in [0.15, 0.2) is 42.5 Å². The van der Waals surface area contributed by atoms with Gasteiger partial charge < -0.3 is 9.84 Å². The SMILES string of the molecule is CC(C)(CO)COc1ccc2ccccc2c1. The Labute approximate surface area is 102 Å². The van der Waals surface area contributed by atoms with E-state index in [2.05, 4.69) is 18.2 Å². The third-order valence-corrected chi connectivity index (χ3v) is 2.78. The Bertz CT molecular complexity index is 503. The zero-order chi connectivity index (χ0) is 12.3. The van der Waals surface area contributed by atoms with Crippen LogP contribution in [0.2, 0.25) is 0 Å². The molecular formula is C15H18O2. The predicted octanol–water partition coefficient (Wildman–Crippen LogP) is 3.24. The van der Waals surface area contributed by atoms with E-state index in [0.29, 0.717) is 6.61 Å². The lowest BCUT2D eigenvalue weighted by molar-refractivity contribution is 0.0976. The summed E-state index contributed by atoms with van der Waals surface area (Å²) in [4.78, 5) is 0. The monoisotopic (exact) mass is 230 g/mol. The number of fused-ring (bicyclic) bond motifs is 1. The molecule has 0 radical (unpaired) electrons. The molecule has 0 aliphatic rings. The van der Waals surface area contributed by atoms with Gasteiger partial charge in [-0.15, -0.1) is 0 Å². The van der Waals surface area contributed by atoms with Crippen molar-refractivity contribution in [1.29, 1.82) is 0 Å². The normalized spacial score (nSPS) is 11.7. The molecule has 0 saturated heterocycles. The third kappa shape index (κ3) is 2.98. The lowest BCUT2D eigenvalue weighted by Gasteiger charge is -2.21. The first kappa shape index (κ1) is 11.9. The van der Waals surface area contributed by atoms with Gasteiger partial charge in [0.2, 0.25) is 0 Å². The molecule has 1 N–H and O–H groups in total. The largest absolute Gasteiger partial charge is 0.493 e. The summed E-state index contributed by atoms with van der Waals surface area (Å²) in [6, 6.07) is 14.2. The average Bonchev–Trinajstić information content (AvgIpc) is 2.36. The summed E-state index contributed by atoms with van der Waals surface area (Å²) in [7, 11) is 0. The Morgan fingerprint density at radius 1 is 1.06 bits per heavy atom. The lowest BCUT2D eigenvalue weighted by atomic mass is 9.96. The van der Waals surface area contributed by atoms with E-state index in [0.717, 1.165) is 5.75 Å². The van der Waals surface area contributed by atoms with E-state index in [-0.39, 0.29) is 12.0 Å². The average molecular weight is 230 g/mol. The minimum absolute atomic E-state index is 0.126. The van der Waals surface area contributed by atoms with Gasteiger partial charge in [0, 0.05) is 5.41 Å². The van der Waals surface area contributed by atoms with Crippen LogP contribution in [0.25, 0.3) is 10.8 Å². The number of aliphatic hydroxyl groups is 1. The standard InChI is InChI=1S/C15H18O2/c1-15(2,10-16)11-17-14-8-7-12-5-3-4-6-13(12)9-14/h3-9,16H,10-11H2,1-2H3. The van der Waals surface area contributed by atoms with Gasteiger partial charge in [-0.2, -0.15) is 0 Å². The minimum atomic E-state index is -0.203. The van der Waals surface area contributed by atoms with Crippen molar-refractivity contribution in [3.05, 3.63) is 42.5 Å². The van der Waals surface area contributed by atoms with Crippen molar-refractivity contribution in [2.45, 2.75) is 13.8 Å². The fraction of sp³-hybridized carbons (Fsp3) is 0.333. The summed E-state index contributed by atoms with van der Waals surface area (Å²) in [5, 5.41) is 11.5. The van der Waals surface area contributed by atoms with Crippen molar-refractivity contribution in [3.63, 3.8) is 0 Å². The van der Waals surface area contributed by atoms with Crippen LogP contribution in [0.5, 0.6) is 5.75 Å². The summed E-state index contributed by atoms with van der Waals surface area (Å²) in [6.07, 6.45) is 0. The maximum absolute atomic E-state index is 9.16. The number of ether oxygens (including phenoxy) is 1. The molecule has 0 bridgehead atoms. The highest BCUT2D eigenvalue weighted by Gasteiger charge is 2.17. The molecule has 0 amide bonds. The van der Waals surface area contributed by atoms with Gasteiger partial charge in [-0.1, -0.05) is 44.2 Å². The van der Waals surface area contributed by atoms with Crippen LogP contribution in [0, 0.1) is 5.41 Å². The molecule has 0 heterocycles. The topological polar surface area (TPSA) is 29.5 Å². The van der Waals surface area contributed by atoms with Crippen molar-refractivity contribution in [2.24, 2.45) is 5.41 Å². The van der Waals surface area contributed by atoms with Crippen molar-refractivity contribution in [2.75, 3.05) is 13.2 Å². The highest BCUT2D eigenvalue weighted by Crippen LogP contribution is 2.22. The Balaban J connectivity index is 2.14. The van der Waals surface area contributed by atoms with Crippen molar-refractivity contribution in [3.8, 4) is 5.75 Å². The molecule has 0 aromatic heterocycles. The van der Waals surface area contributed by atoms with E-state index in [4.69, 9.17) is 9.84 Å². The van der Waals surface area contributed by atoms with Gasteiger partial charge in [-0.05, 0) is 22.9 Å². The van der Waals surface area contributed by atoms with Crippen LogP contribution in [-0.4, -0.2) is 18.3 Å². The zero-order valence-corrected chi connectivity index (χ0v) is 10.3. The summed E-state index contributed by atoms with van der Waals surface area (Å²) >= 11 is 0. The Morgan fingerprint density at radius 3 is 2.47 bits per heavy atom. The number of aliphatic hydroxyl groups excluding tert-OH is 1. The second-order valence-corrected chi connectivity index (χ2v) is 5.12. The molecule has 0 saturated carbocycles. The Kier molecular flexibility index (Phi) is 3.34. The fourth-order valence-electron chi connectivity index (χ4n) is 1.58.